The monoisotopic (exact) mass is 410 g/mol. The number of benzene rings is 1. The van der Waals surface area contributed by atoms with E-state index in [0.717, 1.165) is 25.7 Å². The molecule has 4 heteroatoms. The largest absolute Gasteiger partial charge is 0.361 e. The third kappa shape index (κ3) is 12.0. The summed E-state index contributed by atoms with van der Waals surface area (Å²) in [5.74, 6) is 0. The lowest BCUT2D eigenvalue weighted by atomic mass is 10.1. The summed E-state index contributed by atoms with van der Waals surface area (Å²) in [4.78, 5) is 0. The fourth-order valence-electron chi connectivity index (χ4n) is 3.28. The molecule has 1 aromatic rings. The van der Waals surface area contributed by atoms with E-state index in [2.05, 4.69) is 13.8 Å². The molecule has 0 fully saturated rings. The molecule has 0 aliphatic rings. The minimum absolute atomic E-state index is 0.504. The van der Waals surface area contributed by atoms with E-state index in [-0.39, 0.29) is 0 Å². The van der Waals surface area contributed by atoms with Crippen LogP contribution in [0.15, 0.2) is 30.3 Å². The van der Waals surface area contributed by atoms with Crippen LogP contribution in [0.1, 0.15) is 104 Å². The Morgan fingerprint density at radius 3 is 1.46 bits per heavy atom. The summed E-state index contributed by atoms with van der Waals surface area (Å²) in [6.45, 7) is 5.46. The van der Waals surface area contributed by atoms with E-state index in [4.69, 9.17) is 9.05 Å². The number of hydrogen-bond acceptors (Lipinski definition) is 3. The maximum absolute atomic E-state index is 13.3. The van der Waals surface area contributed by atoms with Gasteiger partial charge in [-0.1, -0.05) is 109 Å². The molecule has 0 radical (unpaired) electrons. The number of hydrogen-bond donors (Lipinski definition) is 0. The van der Waals surface area contributed by atoms with E-state index >= 15 is 0 Å². The fraction of sp³-hybridized carbons (Fsp3) is 0.750. The number of rotatable bonds is 19. The first-order chi connectivity index (χ1) is 13.7. The molecule has 1 rings (SSSR count). The molecular formula is C24H43O3P. The van der Waals surface area contributed by atoms with Gasteiger partial charge in [-0.15, -0.1) is 0 Å². The van der Waals surface area contributed by atoms with Crippen LogP contribution >= 0.6 is 7.60 Å². The Bertz CT molecular complexity index is 504. The molecule has 0 N–H and O–H groups in total. The summed E-state index contributed by atoms with van der Waals surface area (Å²) >= 11 is 0. The van der Waals surface area contributed by atoms with Crippen molar-refractivity contribution in [1.82, 2.24) is 0 Å². The molecule has 3 nitrogen and oxygen atoms in total. The van der Waals surface area contributed by atoms with Gasteiger partial charge in [0.2, 0.25) is 0 Å². The molecule has 1 unspecified atom stereocenters. The van der Waals surface area contributed by atoms with Crippen molar-refractivity contribution in [1.29, 1.82) is 0 Å². The standard InChI is InChI=1S/C24H43O3P/c1-3-5-7-9-10-11-12-13-14-19-23-27-28(25,24-20-16-15-17-21-24)26-22-18-8-6-4-2/h15-17,20-21H,3-14,18-19,22-23H2,1-2H3. The van der Waals surface area contributed by atoms with E-state index in [1.807, 2.05) is 30.3 Å². The SMILES string of the molecule is CCCCCCCCCCCCOP(=O)(OCCCCCC)c1ccccc1. The molecule has 0 aliphatic heterocycles. The van der Waals surface area contributed by atoms with Gasteiger partial charge in [0.1, 0.15) is 0 Å². The molecule has 0 heterocycles. The molecule has 162 valence electrons. The van der Waals surface area contributed by atoms with Crippen LogP contribution in [0, 0.1) is 0 Å². The number of unbranched alkanes of at least 4 members (excludes halogenated alkanes) is 12. The summed E-state index contributed by atoms with van der Waals surface area (Å²) in [5.41, 5.74) is 0. The van der Waals surface area contributed by atoms with E-state index in [9.17, 15) is 4.57 Å². The molecule has 0 aliphatic carbocycles. The van der Waals surface area contributed by atoms with Crippen molar-refractivity contribution in [2.24, 2.45) is 0 Å². The van der Waals surface area contributed by atoms with E-state index in [1.54, 1.807) is 0 Å². The lowest BCUT2D eigenvalue weighted by Gasteiger charge is -2.19. The molecule has 0 spiro atoms. The van der Waals surface area contributed by atoms with Crippen molar-refractivity contribution < 1.29 is 13.6 Å². The average Bonchev–Trinajstić information content (AvgIpc) is 2.72. The Hall–Kier alpha value is -0.630. The summed E-state index contributed by atoms with van der Waals surface area (Å²) in [7, 11) is -3.20. The first-order valence-corrected chi connectivity index (χ1v) is 13.2. The molecule has 0 saturated heterocycles. The van der Waals surface area contributed by atoms with Crippen molar-refractivity contribution in [3.05, 3.63) is 30.3 Å². The van der Waals surface area contributed by atoms with Crippen LogP contribution in [0.4, 0.5) is 0 Å². The summed E-state index contributed by atoms with van der Waals surface area (Å²) in [6, 6.07) is 9.42. The van der Waals surface area contributed by atoms with Gasteiger partial charge in [0.05, 0.1) is 18.5 Å². The molecule has 0 amide bonds. The van der Waals surface area contributed by atoms with E-state index < -0.39 is 7.60 Å². The second-order valence-corrected chi connectivity index (χ2v) is 9.77. The van der Waals surface area contributed by atoms with Gasteiger partial charge in [-0.05, 0) is 25.0 Å². The van der Waals surface area contributed by atoms with Crippen LogP contribution in [-0.2, 0) is 13.6 Å². The zero-order valence-electron chi connectivity index (χ0n) is 18.4. The Morgan fingerprint density at radius 1 is 0.607 bits per heavy atom. The first kappa shape index (κ1) is 25.4. The van der Waals surface area contributed by atoms with Crippen molar-refractivity contribution in [2.75, 3.05) is 13.2 Å². The third-order valence-electron chi connectivity index (χ3n) is 5.09. The Balaban J connectivity index is 2.24. The molecule has 28 heavy (non-hydrogen) atoms. The van der Waals surface area contributed by atoms with Crippen LogP contribution < -0.4 is 5.30 Å². The molecule has 0 bridgehead atoms. The Labute approximate surface area is 174 Å². The molecule has 1 atom stereocenters. The van der Waals surface area contributed by atoms with Crippen LogP contribution in [0.25, 0.3) is 0 Å². The second kappa shape index (κ2) is 17.2. The fourth-order valence-corrected chi connectivity index (χ4v) is 4.93. The lowest BCUT2D eigenvalue weighted by molar-refractivity contribution is 0.206. The predicted molar refractivity (Wildman–Crippen MR) is 122 cm³/mol. The molecular weight excluding hydrogens is 367 g/mol. The highest BCUT2D eigenvalue weighted by Gasteiger charge is 2.27. The van der Waals surface area contributed by atoms with Crippen molar-refractivity contribution in [3.8, 4) is 0 Å². The quantitative estimate of drug-likeness (QED) is 0.171. The first-order valence-electron chi connectivity index (χ1n) is 11.7. The van der Waals surface area contributed by atoms with Crippen molar-refractivity contribution in [2.45, 2.75) is 104 Å². The van der Waals surface area contributed by atoms with Gasteiger partial charge < -0.3 is 9.05 Å². The van der Waals surface area contributed by atoms with E-state index in [0.29, 0.717) is 18.5 Å². The van der Waals surface area contributed by atoms with Gasteiger partial charge in [0, 0.05) is 0 Å². The summed E-state index contributed by atoms with van der Waals surface area (Å²) < 4.78 is 24.9. The van der Waals surface area contributed by atoms with Gasteiger partial charge in [-0.3, -0.25) is 4.57 Å². The van der Waals surface area contributed by atoms with E-state index in [1.165, 1.54) is 64.2 Å². The highest BCUT2D eigenvalue weighted by atomic mass is 31.2. The van der Waals surface area contributed by atoms with Gasteiger partial charge >= 0.3 is 7.60 Å². The van der Waals surface area contributed by atoms with Crippen molar-refractivity contribution >= 4 is 12.9 Å². The zero-order chi connectivity index (χ0) is 20.3. The Kier molecular flexibility index (Phi) is 15.6. The second-order valence-electron chi connectivity index (χ2n) is 7.74. The lowest BCUT2D eigenvalue weighted by Crippen LogP contribution is -2.11. The normalized spacial score (nSPS) is 13.5. The van der Waals surface area contributed by atoms with Gasteiger partial charge in [0.25, 0.3) is 0 Å². The smallest absolute Gasteiger partial charge is 0.305 e. The maximum Gasteiger partial charge on any atom is 0.361 e. The molecule has 0 saturated carbocycles. The van der Waals surface area contributed by atoms with Crippen LogP contribution in [0.5, 0.6) is 0 Å². The molecule has 1 aromatic carbocycles. The highest BCUT2D eigenvalue weighted by molar-refractivity contribution is 7.62. The van der Waals surface area contributed by atoms with Gasteiger partial charge in [-0.2, -0.15) is 0 Å². The van der Waals surface area contributed by atoms with Gasteiger partial charge in [0.15, 0.2) is 0 Å². The van der Waals surface area contributed by atoms with Crippen LogP contribution in [0.3, 0.4) is 0 Å². The summed E-state index contributed by atoms with van der Waals surface area (Å²) in [6.07, 6.45) is 17.2. The third-order valence-corrected chi connectivity index (χ3v) is 7.07. The predicted octanol–water partition coefficient (Wildman–Crippen LogP) is 8.04. The van der Waals surface area contributed by atoms with Gasteiger partial charge in [-0.25, -0.2) is 0 Å². The Morgan fingerprint density at radius 2 is 1.00 bits per heavy atom. The maximum atomic E-state index is 13.3. The highest BCUT2D eigenvalue weighted by Crippen LogP contribution is 2.47. The zero-order valence-corrected chi connectivity index (χ0v) is 19.3. The van der Waals surface area contributed by atoms with Crippen LogP contribution in [-0.4, -0.2) is 13.2 Å². The minimum Gasteiger partial charge on any atom is -0.305 e. The molecule has 0 aromatic heterocycles. The topological polar surface area (TPSA) is 35.5 Å². The summed E-state index contributed by atoms with van der Waals surface area (Å²) in [5, 5.41) is 0.678. The van der Waals surface area contributed by atoms with Crippen molar-refractivity contribution in [3.63, 3.8) is 0 Å². The van der Waals surface area contributed by atoms with Crippen LogP contribution in [0.2, 0.25) is 0 Å². The minimum atomic E-state index is -3.20. The average molecular weight is 411 g/mol.